The quantitative estimate of drug-likeness (QED) is 0.500. The number of ketones is 1. The summed E-state index contributed by atoms with van der Waals surface area (Å²) < 4.78 is 35.1. The van der Waals surface area contributed by atoms with Gasteiger partial charge < -0.3 is 9.15 Å². The van der Waals surface area contributed by atoms with Crippen molar-refractivity contribution in [3.63, 3.8) is 0 Å². The van der Waals surface area contributed by atoms with Crippen LogP contribution in [0, 0.1) is 13.8 Å². The zero-order chi connectivity index (χ0) is 19.5. The van der Waals surface area contributed by atoms with Crippen LogP contribution in [0.3, 0.4) is 0 Å². The molecule has 2 heterocycles. The number of thiophene rings is 1. The second-order valence-electron chi connectivity index (χ2n) is 5.92. The number of carbonyl (C=O) groups is 2. The van der Waals surface area contributed by atoms with Crippen molar-refractivity contribution in [2.75, 3.05) is 14.1 Å². The van der Waals surface area contributed by atoms with Crippen LogP contribution < -0.4 is 0 Å². The van der Waals surface area contributed by atoms with E-state index in [1.54, 1.807) is 11.3 Å². The molecule has 7 nitrogen and oxygen atoms in total. The monoisotopic (exact) mass is 399 g/mol. The van der Waals surface area contributed by atoms with Gasteiger partial charge >= 0.3 is 5.97 Å². The summed E-state index contributed by atoms with van der Waals surface area (Å²) in [5, 5.41) is -0.216. The molecule has 0 atom stereocenters. The van der Waals surface area contributed by atoms with Gasteiger partial charge in [0, 0.05) is 35.8 Å². The maximum Gasteiger partial charge on any atom is 0.306 e. The summed E-state index contributed by atoms with van der Waals surface area (Å²) in [7, 11) is -0.878. The largest absolute Gasteiger partial charge is 0.457 e. The van der Waals surface area contributed by atoms with Crippen molar-refractivity contribution >= 4 is 33.1 Å². The molecule has 0 aromatic carbocycles. The van der Waals surface area contributed by atoms with Crippen LogP contribution in [0.4, 0.5) is 0 Å². The van der Waals surface area contributed by atoms with E-state index in [2.05, 4.69) is 0 Å². The van der Waals surface area contributed by atoms with E-state index in [1.165, 1.54) is 26.2 Å². The van der Waals surface area contributed by atoms with Gasteiger partial charge in [-0.05, 0) is 32.0 Å². The van der Waals surface area contributed by atoms with Crippen molar-refractivity contribution in [2.24, 2.45) is 0 Å². The molecule has 0 bridgehead atoms. The smallest absolute Gasteiger partial charge is 0.306 e. The fourth-order valence-electron chi connectivity index (χ4n) is 2.24. The van der Waals surface area contributed by atoms with Crippen LogP contribution in [0.2, 0.25) is 0 Å². The molecule has 0 fully saturated rings. The Morgan fingerprint density at radius 2 is 1.88 bits per heavy atom. The lowest BCUT2D eigenvalue weighted by molar-refractivity contribution is -0.145. The molecule has 2 aromatic heterocycles. The first-order valence-electron chi connectivity index (χ1n) is 7.88. The van der Waals surface area contributed by atoms with Crippen LogP contribution in [0.1, 0.15) is 38.7 Å². The van der Waals surface area contributed by atoms with E-state index >= 15 is 0 Å². The molecule has 2 aromatic rings. The van der Waals surface area contributed by atoms with Crippen LogP contribution in [0.15, 0.2) is 27.7 Å². The number of carbonyl (C=O) groups excluding carboxylic acids is 2. The fraction of sp³-hybridized carbons (Fsp3) is 0.412. The van der Waals surface area contributed by atoms with Crippen LogP contribution in [0.5, 0.6) is 0 Å². The zero-order valence-electron chi connectivity index (χ0n) is 15.1. The predicted molar refractivity (Wildman–Crippen MR) is 96.7 cm³/mol. The molecule has 0 N–H and O–H groups in total. The second-order valence-corrected chi connectivity index (χ2v) is 9.46. The normalized spacial score (nSPS) is 11.7. The molecule has 0 saturated heterocycles. The number of furan rings is 1. The van der Waals surface area contributed by atoms with Gasteiger partial charge in [-0.1, -0.05) is 0 Å². The SMILES string of the molecule is Cc1cc(C(=O)CCC(=O)OCc2ccc(S(=O)(=O)N(C)C)o2)c(C)s1. The van der Waals surface area contributed by atoms with Gasteiger partial charge in [0.1, 0.15) is 12.4 Å². The molecule has 0 aliphatic rings. The number of Topliss-reactive ketones (excluding diaryl/α,β-unsaturated/α-hetero) is 1. The third kappa shape index (κ3) is 4.80. The number of ether oxygens (including phenoxy) is 1. The topological polar surface area (TPSA) is 93.9 Å². The number of esters is 1. The highest BCUT2D eigenvalue weighted by atomic mass is 32.2. The van der Waals surface area contributed by atoms with Gasteiger partial charge in [0.2, 0.25) is 5.09 Å². The second kappa shape index (κ2) is 8.15. The first-order chi connectivity index (χ1) is 12.1. The van der Waals surface area contributed by atoms with Gasteiger partial charge in [0.05, 0.1) is 6.42 Å². The standard InChI is InChI=1S/C17H21NO6S2/c1-11-9-14(12(2)25-11)15(19)6-7-16(20)23-10-13-5-8-17(24-13)26(21,22)18(3)4/h5,8-9H,6-7,10H2,1-4H3. The van der Waals surface area contributed by atoms with E-state index in [-0.39, 0.29) is 36.1 Å². The van der Waals surface area contributed by atoms with E-state index in [1.807, 2.05) is 19.9 Å². The average molecular weight is 399 g/mol. The molecule has 9 heteroatoms. The summed E-state index contributed by atoms with van der Waals surface area (Å²) >= 11 is 1.54. The minimum atomic E-state index is -3.67. The Morgan fingerprint density at radius 1 is 1.19 bits per heavy atom. The minimum Gasteiger partial charge on any atom is -0.457 e. The van der Waals surface area contributed by atoms with Gasteiger partial charge in [-0.3, -0.25) is 9.59 Å². The highest BCUT2D eigenvalue weighted by Crippen LogP contribution is 2.22. The third-order valence-corrected chi connectivity index (χ3v) is 6.30. The molecule has 142 valence electrons. The molecule has 0 saturated carbocycles. The van der Waals surface area contributed by atoms with E-state index in [9.17, 15) is 18.0 Å². The Balaban J connectivity index is 1.85. The van der Waals surface area contributed by atoms with Crippen molar-refractivity contribution in [3.05, 3.63) is 39.3 Å². The predicted octanol–water partition coefficient (Wildman–Crippen LogP) is 2.91. The number of sulfonamides is 1. The lowest BCUT2D eigenvalue weighted by Crippen LogP contribution is -2.21. The molecule has 2 rings (SSSR count). The molecule has 0 aliphatic heterocycles. The van der Waals surface area contributed by atoms with Crippen LogP contribution in [-0.4, -0.2) is 38.6 Å². The van der Waals surface area contributed by atoms with E-state index < -0.39 is 16.0 Å². The molecule has 0 amide bonds. The van der Waals surface area contributed by atoms with Crippen LogP contribution >= 0.6 is 11.3 Å². The summed E-state index contributed by atoms with van der Waals surface area (Å²) in [5.74, 6) is -0.424. The maximum atomic E-state index is 12.1. The van der Waals surface area contributed by atoms with Crippen molar-refractivity contribution < 1.29 is 27.2 Å². The Bertz CT molecular complexity index is 908. The zero-order valence-corrected chi connectivity index (χ0v) is 16.7. The van der Waals surface area contributed by atoms with Crippen LogP contribution in [0.25, 0.3) is 0 Å². The minimum absolute atomic E-state index is 0.0449. The maximum absolute atomic E-state index is 12.1. The lowest BCUT2D eigenvalue weighted by Gasteiger charge is -2.07. The Kier molecular flexibility index (Phi) is 6.38. The summed E-state index contributed by atoms with van der Waals surface area (Å²) in [6.07, 6.45) is 0.0188. The molecule has 0 spiro atoms. The van der Waals surface area contributed by atoms with Crippen molar-refractivity contribution in [1.29, 1.82) is 0 Å². The van der Waals surface area contributed by atoms with Crippen molar-refractivity contribution in [3.8, 4) is 0 Å². The first kappa shape index (κ1) is 20.3. The summed E-state index contributed by atoms with van der Waals surface area (Å²) in [6, 6.07) is 4.57. The molecular weight excluding hydrogens is 378 g/mol. The molecule has 0 unspecified atom stereocenters. The average Bonchev–Trinajstić information content (AvgIpc) is 3.17. The van der Waals surface area contributed by atoms with E-state index in [4.69, 9.17) is 9.15 Å². The van der Waals surface area contributed by atoms with E-state index in [0.717, 1.165) is 14.1 Å². The van der Waals surface area contributed by atoms with Gasteiger partial charge in [-0.15, -0.1) is 11.3 Å². The van der Waals surface area contributed by atoms with Crippen LogP contribution in [-0.2, 0) is 26.2 Å². The number of nitrogens with zero attached hydrogens (tertiary/aromatic N) is 1. The molecule has 0 radical (unpaired) electrons. The number of rotatable bonds is 8. The fourth-order valence-corrected chi connectivity index (χ4v) is 3.99. The van der Waals surface area contributed by atoms with Crippen molar-refractivity contribution in [1.82, 2.24) is 4.31 Å². The van der Waals surface area contributed by atoms with Gasteiger partial charge in [-0.25, -0.2) is 12.7 Å². The summed E-state index contributed by atoms with van der Waals surface area (Å²) in [5.41, 5.74) is 0.643. The highest BCUT2D eigenvalue weighted by molar-refractivity contribution is 7.88. The molecule has 0 aliphatic carbocycles. The lowest BCUT2D eigenvalue weighted by atomic mass is 10.1. The van der Waals surface area contributed by atoms with Crippen molar-refractivity contribution in [2.45, 2.75) is 38.4 Å². The number of hydrogen-bond donors (Lipinski definition) is 0. The number of hydrogen-bond acceptors (Lipinski definition) is 7. The first-order valence-corrected chi connectivity index (χ1v) is 10.1. The number of aryl methyl sites for hydroxylation is 2. The summed E-state index contributed by atoms with van der Waals surface area (Å²) in [6.45, 7) is 3.61. The Hall–Kier alpha value is -1.97. The van der Waals surface area contributed by atoms with Gasteiger partial charge in [0.25, 0.3) is 10.0 Å². The van der Waals surface area contributed by atoms with E-state index in [0.29, 0.717) is 5.56 Å². The molecule has 26 heavy (non-hydrogen) atoms. The summed E-state index contributed by atoms with van der Waals surface area (Å²) in [4.78, 5) is 25.9. The molecular formula is C17H21NO6S2. The Labute approximate surface area is 156 Å². The highest BCUT2D eigenvalue weighted by Gasteiger charge is 2.22. The van der Waals surface area contributed by atoms with Gasteiger partial charge in [0.15, 0.2) is 5.78 Å². The third-order valence-electron chi connectivity index (χ3n) is 3.64. The Morgan fingerprint density at radius 3 is 2.46 bits per heavy atom. The van der Waals surface area contributed by atoms with Gasteiger partial charge in [-0.2, -0.15) is 0 Å².